The van der Waals surface area contributed by atoms with E-state index >= 15 is 0 Å². The first-order valence-electron chi connectivity index (χ1n) is 5.54. The van der Waals surface area contributed by atoms with Crippen LogP contribution < -0.4 is 0 Å². The first-order valence-corrected chi connectivity index (χ1v) is 5.92. The summed E-state index contributed by atoms with van der Waals surface area (Å²) in [5, 5.41) is 1.83. The van der Waals surface area contributed by atoms with Gasteiger partial charge in [0.1, 0.15) is 5.76 Å². The molecule has 0 amide bonds. The Bertz CT molecular complexity index is 711. The molecule has 0 aliphatic rings. The molecule has 1 aromatic carbocycles. The SMILES string of the molecule is O=Cc1ccc(Cn2ccc3ccc(Cl)cc32)o1. The monoisotopic (exact) mass is 259 g/mol. The number of hydrogen-bond donors (Lipinski definition) is 0. The number of carbonyl (C=O) groups is 1. The molecular weight excluding hydrogens is 250 g/mol. The molecule has 3 nitrogen and oxygen atoms in total. The van der Waals surface area contributed by atoms with Crippen molar-refractivity contribution in [2.75, 3.05) is 0 Å². The van der Waals surface area contributed by atoms with E-state index in [1.54, 1.807) is 12.1 Å². The third-order valence-corrected chi connectivity index (χ3v) is 3.10. The normalized spacial score (nSPS) is 10.9. The van der Waals surface area contributed by atoms with Gasteiger partial charge < -0.3 is 8.98 Å². The molecule has 0 atom stereocenters. The van der Waals surface area contributed by atoms with Gasteiger partial charge in [0.15, 0.2) is 12.0 Å². The number of hydrogen-bond acceptors (Lipinski definition) is 2. The fourth-order valence-electron chi connectivity index (χ4n) is 2.01. The number of fused-ring (bicyclic) bond motifs is 1. The largest absolute Gasteiger partial charge is 0.456 e. The summed E-state index contributed by atoms with van der Waals surface area (Å²) in [5.74, 6) is 1.09. The predicted octanol–water partition coefficient (Wildman–Crippen LogP) is 3.75. The maximum Gasteiger partial charge on any atom is 0.185 e. The number of aromatic nitrogens is 1. The van der Waals surface area contributed by atoms with Gasteiger partial charge >= 0.3 is 0 Å². The molecule has 2 aromatic heterocycles. The van der Waals surface area contributed by atoms with Crippen LogP contribution >= 0.6 is 11.6 Å². The first kappa shape index (κ1) is 11.1. The summed E-state index contributed by atoms with van der Waals surface area (Å²) >= 11 is 5.99. The van der Waals surface area contributed by atoms with Crippen LogP contribution in [0.1, 0.15) is 16.3 Å². The Hall–Kier alpha value is -2.00. The molecule has 90 valence electrons. The van der Waals surface area contributed by atoms with Gasteiger partial charge in [0.25, 0.3) is 0 Å². The molecule has 18 heavy (non-hydrogen) atoms. The lowest BCUT2D eigenvalue weighted by Gasteiger charge is -2.03. The second kappa shape index (κ2) is 4.35. The summed E-state index contributed by atoms with van der Waals surface area (Å²) in [7, 11) is 0. The summed E-state index contributed by atoms with van der Waals surface area (Å²) in [6, 6.07) is 11.3. The average molecular weight is 260 g/mol. The Morgan fingerprint density at radius 2 is 2.11 bits per heavy atom. The number of aldehydes is 1. The van der Waals surface area contributed by atoms with Crippen molar-refractivity contribution in [3.05, 3.63) is 59.1 Å². The molecule has 3 rings (SSSR count). The molecule has 0 aliphatic carbocycles. The molecular formula is C14H10ClNO2. The quantitative estimate of drug-likeness (QED) is 0.672. The molecule has 0 N–H and O–H groups in total. The zero-order valence-corrected chi connectivity index (χ0v) is 10.2. The molecule has 0 fully saturated rings. The molecule has 0 unspecified atom stereocenters. The highest BCUT2D eigenvalue weighted by Crippen LogP contribution is 2.21. The lowest BCUT2D eigenvalue weighted by Crippen LogP contribution is -1.96. The summed E-state index contributed by atoms with van der Waals surface area (Å²) in [5.41, 5.74) is 1.05. The van der Waals surface area contributed by atoms with E-state index in [2.05, 4.69) is 0 Å². The highest BCUT2D eigenvalue weighted by Gasteiger charge is 2.05. The van der Waals surface area contributed by atoms with Crippen LogP contribution in [0.25, 0.3) is 10.9 Å². The van der Waals surface area contributed by atoms with E-state index < -0.39 is 0 Å². The molecule has 3 aromatic rings. The minimum absolute atomic E-state index is 0.347. The Labute approximate surface area is 109 Å². The van der Waals surface area contributed by atoms with Crippen molar-refractivity contribution in [2.24, 2.45) is 0 Å². The van der Waals surface area contributed by atoms with Crippen LogP contribution in [0.2, 0.25) is 5.02 Å². The van der Waals surface area contributed by atoms with E-state index in [0.717, 1.165) is 16.7 Å². The minimum atomic E-state index is 0.347. The lowest BCUT2D eigenvalue weighted by atomic mass is 10.2. The highest BCUT2D eigenvalue weighted by molar-refractivity contribution is 6.31. The fourth-order valence-corrected chi connectivity index (χ4v) is 2.17. The van der Waals surface area contributed by atoms with Crippen molar-refractivity contribution < 1.29 is 9.21 Å². The number of benzene rings is 1. The van der Waals surface area contributed by atoms with Crippen LogP contribution in [0.15, 0.2) is 47.0 Å². The van der Waals surface area contributed by atoms with Gasteiger partial charge in [-0.15, -0.1) is 0 Å². The van der Waals surface area contributed by atoms with Crippen molar-refractivity contribution in [3.8, 4) is 0 Å². The van der Waals surface area contributed by atoms with Crippen LogP contribution in [0.5, 0.6) is 0 Å². The molecule has 0 bridgehead atoms. The van der Waals surface area contributed by atoms with Gasteiger partial charge in [0.05, 0.1) is 6.54 Å². The van der Waals surface area contributed by atoms with Gasteiger partial charge in [-0.05, 0) is 35.7 Å². The Balaban J connectivity index is 1.99. The van der Waals surface area contributed by atoms with Crippen molar-refractivity contribution in [1.82, 2.24) is 4.57 Å². The second-order valence-electron chi connectivity index (χ2n) is 4.07. The van der Waals surface area contributed by atoms with Gasteiger partial charge in [-0.25, -0.2) is 0 Å². The molecule has 2 heterocycles. The Morgan fingerprint density at radius 1 is 1.22 bits per heavy atom. The third kappa shape index (κ3) is 1.93. The molecule has 0 saturated carbocycles. The first-order chi connectivity index (χ1) is 8.76. The van der Waals surface area contributed by atoms with E-state index in [9.17, 15) is 4.79 Å². The van der Waals surface area contributed by atoms with Crippen molar-refractivity contribution >= 4 is 28.8 Å². The van der Waals surface area contributed by atoms with Crippen molar-refractivity contribution in [2.45, 2.75) is 6.54 Å². The van der Waals surface area contributed by atoms with Crippen LogP contribution in [0.4, 0.5) is 0 Å². The number of nitrogens with zero attached hydrogens (tertiary/aromatic N) is 1. The molecule has 0 spiro atoms. The van der Waals surface area contributed by atoms with E-state index in [1.807, 2.05) is 35.0 Å². The lowest BCUT2D eigenvalue weighted by molar-refractivity contribution is 0.109. The van der Waals surface area contributed by atoms with Crippen LogP contribution in [-0.4, -0.2) is 10.9 Å². The van der Waals surface area contributed by atoms with Crippen LogP contribution in [-0.2, 0) is 6.54 Å². The van der Waals surface area contributed by atoms with E-state index in [-0.39, 0.29) is 0 Å². The zero-order valence-electron chi connectivity index (χ0n) is 9.47. The Kier molecular flexibility index (Phi) is 2.68. The van der Waals surface area contributed by atoms with E-state index in [1.165, 1.54) is 0 Å². The summed E-state index contributed by atoms with van der Waals surface area (Å²) in [6.45, 7) is 0.581. The number of furan rings is 1. The number of carbonyl (C=O) groups excluding carboxylic acids is 1. The fraction of sp³-hybridized carbons (Fsp3) is 0.0714. The number of rotatable bonds is 3. The predicted molar refractivity (Wildman–Crippen MR) is 70.1 cm³/mol. The van der Waals surface area contributed by atoms with Crippen LogP contribution in [0, 0.1) is 0 Å². The topological polar surface area (TPSA) is 35.1 Å². The summed E-state index contributed by atoms with van der Waals surface area (Å²) in [4.78, 5) is 10.6. The third-order valence-electron chi connectivity index (χ3n) is 2.86. The van der Waals surface area contributed by atoms with Crippen LogP contribution in [0.3, 0.4) is 0 Å². The van der Waals surface area contributed by atoms with E-state index in [4.69, 9.17) is 16.0 Å². The molecule has 0 saturated heterocycles. The van der Waals surface area contributed by atoms with Gasteiger partial charge in [0, 0.05) is 16.7 Å². The van der Waals surface area contributed by atoms with Crippen molar-refractivity contribution in [1.29, 1.82) is 0 Å². The molecule has 4 heteroatoms. The minimum Gasteiger partial charge on any atom is -0.456 e. The zero-order chi connectivity index (χ0) is 12.5. The Morgan fingerprint density at radius 3 is 2.89 bits per heavy atom. The van der Waals surface area contributed by atoms with Gasteiger partial charge in [-0.1, -0.05) is 17.7 Å². The smallest absolute Gasteiger partial charge is 0.185 e. The molecule has 0 radical (unpaired) electrons. The summed E-state index contributed by atoms with van der Waals surface area (Å²) < 4.78 is 7.40. The van der Waals surface area contributed by atoms with E-state index in [0.29, 0.717) is 23.6 Å². The highest BCUT2D eigenvalue weighted by atomic mass is 35.5. The number of halogens is 1. The standard InChI is InChI=1S/C14H10ClNO2/c15-11-2-1-10-5-6-16(14(10)7-11)8-12-3-4-13(9-17)18-12/h1-7,9H,8H2. The van der Waals surface area contributed by atoms with Gasteiger partial charge in [-0.2, -0.15) is 0 Å². The maximum atomic E-state index is 10.6. The van der Waals surface area contributed by atoms with Gasteiger partial charge in [0.2, 0.25) is 0 Å². The molecule has 0 aliphatic heterocycles. The summed E-state index contributed by atoms with van der Waals surface area (Å²) in [6.07, 6.45) is 2.68. The average Bonchev–Trinajstić information content (AvgIpc) is 2.97. The van der Waals surface area contributed by atoms with Gasteiger partial charge in [-0.3, -0.25) is 4.79 Å². The van der Waals surface area contributed by atoms with Crippen molar-refractivity contribution in [3.63, 3.8) is 0 Å². The maximum absolute atomic E-state index is 10.6. The second-order valence-corrected chi connectivity index (χ2v) is 4.51.